The average molecular weight is 352 g/mol. The number of hydrogen-bond acceptors (Lipinski definition) is 4. The van der Waals surface area contributed by atoms with Crippen molar-refractivity contribution in [3.63, 3.8) is 0 Å². The number of ether oxygens (including phenoxy) is 1. The van der Waals surface area contributed by atoms with Gasteiger partial charge in [-0.05, 0) is 44.5 Å². The summed E-state index contributed by atoms with van der Waals surface area (Å²) >= 11 is 0. The standard InChI is InChI=1S/C20H24N4O2/c1-6-26-16-9-7-15(8-10-16)12-23(4)20(25)18-11-17-14(3)22-24(5)19(17)21-13(18)2/h7-11H,6,12H2,1-5H3. The van der Waals surface area contributed by atoms with Crippen LogP contribution in [0.2, 0.25) is 0 Å². The zero-order chi connectivity index (χ0) is 18.8. The van der Waals surface area contributed by atoms with Crippen LogP contribution in [0.25, 0.3) is 11.0 Å². The Balaban J connectivity index is 1.82. The van der Waals surface area contributed by atoms with Gasteiger partial charge in [0.25, 0.3) is 5.91 Å². The molecule has 1 amide bonds. The maximum atomic E-state index is 12.9. The highest BCUT2D eigenvalue weighted by Crippen LogP contribution is 2.21. The summed E-state index contributed by atoms with van der Waals surface area (Å²) in [5.41, 5.74) is 4.04. The lowest BCUT2D eigenvalue weighted by Crippen LogP contribution is -2.27. The van der Waals surface area contributed by atoms with E-state index in [1.807, 2.05) is 58.2 Å². The molecule has 0 aliphatic carbocycles. The van der Waals surface area contributed by atoms with Crippen LogP contribution in [0.15, 0.2) is 30.3 Å². The number of benzene rings is 1. The number of amides is 1. The van der Waals surface area contributed by atoms with Crippen molar-refractivity contribution in [2.45, 2.75) is 27.3 Å². The Morgan fingerprint density at radius 3 is 2.54 bits per heavy atom. The Hall–Kier alpha value is -2.89. The first-order valence-corrected chi connectivity index (χ1v) is 8.68. The smallest absolute Gasteiger partial charge is 0.255 e. The Morgan fingerprint density at radius 2 is 1.88 bits per heavy atom. The summed E-state index contributed by atoms with van der Waals surface area (Å²) in [6.45, 7) is 6.91. The quantitative estimate of drug-likeness (QED) is 0.707. The fraction of sp³-hybridized carbons (Fsp3) is 0.350. The van der Waals surface area contributed by atoms with Crippen LogP contribution in [0.3, 0.4) is 0 Å². The molecule has 1 aromatic carbocycles. The topological polar surface area (TPSA) is 60.2 Å². The monoisotopic (exact) mass is 352 g/mol. The number of hydrogen-bond donors (Lipinski definition) is 0. The minimum atomic E-state index is -0.0472. The molecule has 0 radical (unpaired) electrons. The van der Waals surface area contributed by atoms with Crippen LogP contribution >= 0.6 is 0 Å². The second-order valence-corrected chi connectivity index (χ2v) is 6.44. The highest BCUT2D eigenvalue weighted by atomic mass is 16.5. The van der Waals surface area contributed by atoms with E-state index >= 15 is 0 Å². The summed E-state index contributed by atoms with van der Waals surface area (Å²) in [6.07, 6.45) is 0. The van der Waals surface area contributed by atoms with Crippen LogP contribution in [-0.4, -0.2) is 39.2 Å². The Kier molecular flexibility index (Phi) is 4.93. The highest BCUT2D eigenvalue weighted by molar-refractivity contribution is 5.98. The van der Waals surface area contributed by atoms with E-state index in [2.05, 4.69) is 10.1 Å². The van der Waals surface area contributed by atoms with E-state index in [0.29, 0.717) is 24.4 Å². The molecule has 6 heteroatoms. The second kappa shape index (κ2) is 7.15. The SMILES string of the molecule is CCOc1ccc(CN(C)C(=O)c2cc3c(C)nn(C)c3nc2C)cc1. The normalized spacial score (nSPS) is 11.0. The maximum Gasteiger partial charge on any atom is 0.255 e. The summed E-state index contributed by atoms with van der Waals surface area (Å²) in [5.74, 6) is 0.789. The first-order valence-electron chi connectivity index (χ1n) is 8.68. The summed E-state index contributed by atoms with van der Waals surface area (Å²) in [5, 5.41) is 5.30. The molecule has 2 aromatic heterocycles. The largest absolute Gasteiger partial charge is 0.494 e. The number of fused-ring (bicyclic) bond motifs is 1. The molecule has 0 spiro atoms. The number of rotatable bonds is 5. The van der Waals surface area contributed by atoms with Gasteiger partial charge in [-0.3, -0.25) is 9.48 Å². The third-order valence-electron chi connectivity index (χ3n) is 4.42. The Morgan fingerprint density at radius 1 is 1.19 bits per heavy atom. The molecule has 3 aromatic rings. The Bertz CT molecular complexity index is 945. The molecule has 0 saturated heterocycles. The average Bonchev–Trinajstić information content (AvgIpc) is 2.89. The van der Waals surface area contributed by atoms with Crippen LogP contribution in [0.5, 0.6) is 5.75 Å². The van der Waals surface area contributed by atoms with Gasteiger partial charge in [0.1, 0.15) is 5.75 Å². The van der Waals surface area contributed by atoms with Gasteiger partial charge in [0.15, 0.2) is 5.65 Å². The van der Waals surface area contributed by atoms with Gasteiger partial charge >= 0.3 is 0 Å². The van der Waals surface area contributed by atoms with Crippen molar-refractivity contribution in [1.29, 1.82) is 0 Å². The maximum absolute atomic E-state index is 12.9. The lowest BCUT2D eigenvalue weighted by molar-refractivity contribution is 0.0784. The molecule has 2 heterocycles. The van der Waals surface area contributed by atoms with E-state index in [0.717, 1.165) is 28.0 Å². The van der Waals surface area contributed by atoms with E-state index in [9.17, 15) is 4.79 Å². The van der Waals surface area contributed by atoms with Crippen LogP contribution < -0.4 is 4.74 Å². The van der Waals surface area contributed by atoms with Gasteiger partial charge in [0.2, 0.25) is 0 Å². The second-order valence-electron chi connectivity index (χ2n) is 6.44. The molecule has 0 N–H and O–H groups in total. The van der Waals surface area contributed by atoms with E-state index in [1.54, 1.807) is 16.6 Å². The highest BCUT2D eigenvalue weighted by Gasteiger charge is 2.18. The van der Waals surface area contributed by atoms with Crippen molar-refractivity contribution in [2.24, 2.45) is 7.05 Å². The van der Waals surface area contributed by atoms with E-state index in [1.165, 1.54) is 0 Å². The van der Waals surface area contributed by atoms with Crippen molar-refractivity contribution < 1.29 is 9.53 Å². The fourth-order valence-electron chi connectivity index (χ4n) is 3.06. The third kappa shape index (κ3) is 3.40. The summed E-state index contributed by atoms with van der Waals surface area (Å²) in [7, 11) is 3.67. The minimum absolute atomic E-state index is 0.0472. The summed E-state index contributed by atoms with van der Waals surface area (Å²) in [4.78, 5) is 19.2. The van der Waals surface area contributed by atoms with Gasteiger partial charge in [-0.1, -0.05) is 12.1 Å². The first-order chi connectivity index (χ1) is 12.4. The molecule has 0 saturated carbocycles. The molecule has 26 heavy (non-hydrogen) atoms. The van der Waals surface area contributed by atoms with Crippen molar-refractivity contribution in [1.82, 2.24) is 19.7 Å². The fourth-order valence-corrected chi connectivity index (χ4v) is 3.06. The van der Waals surface area contributed by atoms with E-state index in [4.69, 9.17) is 4.74 Å². The number of pyridine rings is 1. The van der Waals surface area contributed by atoms with E-state index in [-0.39, 0.29) is 5.91 Å². The predicted molar refractivity (Wildman–Crippen MR) is 101 cm³/mol. The van der Waals surface area contributed by atoms with Crippen LogP contribution in [0, 0.1) is 13.8 Å². The lowest BCUT2D eigenvalue weighted by atomic mass is 10.1. The number of nitrogens with zero attached hydrogens (tertiary/aromatic N) is 4. The van der Waals surface area contributed by atoms with Gasteiger partial charge in [-0.15, -0.1) is 0 Å². The molecule has 0 aliphatic heterocycles. The van der Waals surface area contributed by atoms with Crippen molar-refractivity contribution in [3.8, 4) is 5.75 Å². The Labute approximate surface area is 153 Å². The molecule has 6 nitrogen and oxygen atoms in total. The van der Waals surface area contributed by atoms with Crippen LogP contribution in [-0.2, 0) is 13.6 Å². The van der Waals surface area contributed by atoms with Gasteiger partial charge in [0, 0.05) is 26.0 Å². The zero-order valence-corrected chi connectivity index (χ0v) is 15.9. The molecule has 0 bridgehead atoms. The van der Waals surface area contributed by atoms with E-state index < -0.39 is 0 Å². The van der Waals surface area contributed by atoms with Crippen LogP contribution in [0.4, 0.5) is 0 Å². The van der Waals surface area contributed by atoms with Crippen LogP contribution in [0.1, 0.15) is 34.2 Å². The number of aromatic nitrogens is 3. The predicted octanol–water partition coefficient (Wildman–Crippen LogP) is 3.26. The molecule has 0 fully saturated rings. The molecule has 3 rings (SSSR count). The summed E-state index contributed by atoms with van der Waals surface area (Å²) in [6, 6.07) is 9.71. The molecule has 0 aliphatic rings. The summed E-state index contributed by atoms with van der Waals surface area (Å²) < 4.78 is 7.20. The number of carbonyl (C=O) groups is 1. The molecular weight excluding hydrogens is 328 g/mol. The molecule has 0 unspecified atom stereocenters. The van der Waals surface area contributed by atoms with Crippen molar-refractivity contribution in [3.05, 3.63) is 52.8 Å². The molecule has 136 valence electrons. The molecular formula is C20H24N4O2. The first kappa shape index (κ1) is 17.9. The minimum Gasteiger partial charge on any atom is -0.494 e. The number of carbonyl (C=O) groups excluding carboxylic acids is 1. The third-order valence-corrected chi connectivity index (χ3v) is 4.42. The van der Waals surface area contributed by atoms with Crippen molar-refractivity contribution in [2.75, 3.05) is 13.7 Å². The molecule has 0 atom stereocenters. The van der Waals surface area contributed by atoms with Gasteiger partial charge in [-0.2, -0.15) is 5.10 Å². The van der Waals surface area contributed by atoms with Gasteiger partial charge in [-0.25, -0.2) is 4.98 Å². The number of aryl methyl sites for hydroxylation is 3. The van der Waals surface area contributed by atoms with Gasteiger partial charge < -0.3 is 9.64 Å². The van der Waals surface area contributed by atoms with Gasteiger partial charge in [0.05, 0.1) is 23.6 Å². The lowest BCUT2D eigenvalue weighted by Gasteiger charge is -2.18. The zero-order valence-electron chi connectivity index (χ0n) is 15.9. The van der Waals surface area contributed by atoms with Crippen molar-refractivity contribution >= 4 is 16.9 Å².